The Bertz CT molecular complexity index is 471. The van der Waals surface area contributed by atoms with E-state index in [4.69, 9.17) is 5.11 Å². The summed E-state index contributed by atoms with van der Waals surface area (Å²) in [6, 6.07) is 2.78. The molecule has 2 N–H and O–H groups in total. The number of benzene rings is 1. The Balaban J connectivity index is 3.21. The number of rotatable bonds is 5. The fraction of sp³-hybridized carbons (Fsp3) is 0.417. The largest absolute Gasteiger partial charge is 0.465 e. The van der Waals surface area contributed by atoms with Crippen LogP contribution in [0.5, 0.6) is 0 Å². The Labute approximate surface area is 105 Å². The van der Waals surface area contributed by atoms with Crippen LogP contribution in [0.2, 0.25) is 0 Å². The maximum absolute atomic E-state index is 10.9. The number of anilines is 1. The third kappa shape index (κ3) is 3.19. The molecule has 6 heteroatoms. The van der Waals surface area contributed by atoms with Gasteiger partial charge in [0.25, 0.3) is 5.69 Å². The topological polar surface area (TPSA) is 92.5 Å². The Hall–Kier alpha value is -2.11. The first-order valence-corrected chi connectivity index (χ1v) is 5.74. The smallest absolute Gasteiger partial charge is 0.409 e. The lowest BCUT2D eigenvalue weighted by atomic mass is 9.99. The maximum Gasteiger partial charge on any atom is 0.409 e. The van der Waals surface area contributed by atoms with Crippen LogP contribution >= 0.6 is 0 Å². The number of amides is 1. The van der Waals surface area contributed by atoms with Crippen LogP contribution in [-0.2, 0) is 6.42 Å². The number of carbonyl (C=O) groups is 1. The molecule has 1 aromatic carbocycles. The third-order valence-electron chi connectivity index (χ3n) is 2.79. The van der Waals surface area contributed by atoms with E-state index in [2.05, 4.69) is 5.32 Å². The molecule has 0 radical (unpaired) electrons. The molecule has 0 fully saturated rings. The molecule has 0 aliphatic heterocycles. The zero-order valence-corrected chi connectivity index (χ0v) is 10.4. The highest BCUT2D eigenvalue weighted by Gasteiger charge is 2.18. The molecule has 1 rings (SSSR count). The molecule has 1 amide bonds. The predicted molar refractivity (Wildman–Crippen MR) is 68.1 cm³/mol. The van der Waals surface area contributed by atoms with Crippen molar-refractivity contribution in [2.24, 2.45) is 0 Å². The molecular weight excluding hydrogens is 236 g/mol. The summed E-state index contributed by atoms with van der Waals surface area (Å²) in [5, 5.41) is 21.9. The van der Waals surface area contributed by atoms with E-state index < -0.39 is 11.0 Å². The van der Waals surface area contributed by atoms with Crippen LogP contribution in [-0.4, -0.2) is 16.1 Å². The minimum absolute atomic E-state index is 0.0527. The molecule has 1 aromatic rings. The van der Waals surface area contributed by atoms with Crippen molar-refractivity contribution in [3.63, 3.8) is 0 Å². The summed E-state index contributed by atoms with van der Waals surface area (Å²) in [6.45, 7) is 3.70. The van der Waals surface area contributed by atoms with Gasteiger partial charge in [0, 0.05) is 17.3 Å². The lowest BCUT2D eigenvalue weighted by molar-refractivity contribution is -0.385. The van der Waals surface area contributed by atoms with Crippen molar-refractivity contribution in [2.45, 2.75) is 33.1 Å². The zero-order chi connectivity index (χ0) is 13.7. The number of nitro groups is 1. The van der Waals surface area contributed by atoms with Gasteiger partial charge in [0.1, 0.15) is 0 Å². The number of nitro benzene ring substituents is 1. The van der Waals surface area contributed by atoms with E-state index in [0.29, 0.717) is 23.2 Å². The van der Waals surface area contributed by atoms with Crippen LogP contribution in [0.1, 0.15) is 30.9 Å². The van der Waals surface area contributed by atoms with Gasteiger partial charge in [0.15, 0.2) is 0 Å². The van der Waals surface area contributed by atoms with Crippen molar-refractivity contribution in [1.29, 1.82) is 0 Å². The molecule has 0 unspecified atom stereocenters. The van der Waals surface area contributed by atoms with Gasteiger partial charge >= 0.3 is 6.09 Å². The van der Waals surface area contributed by atoms with Crippen molar-refractivity contribution in [2.75, 3.05) is 5.32 Å². The molecule has 98 valence electrons. The summed E-state index contributed by atoms with van der Waals surface area (Å²) in [7, 11) is 0. The fourth-order valence-corrected chi connectivity index (χ4v) is 1.83. The van der Waals surface area contributed by atoms with E-state index in [1.54, 1.807) is 6.92 Å². The minimum atomic E-state index is -1.17. The molecule has 0 spiro atoms. The monoisotopic (exact) mass is 252 g/mol. The van der Waals surface area contributed by atoms with Gasteiger partial charge in [-0.05, 0) is 31.4 Å². The second kappa shape index (κ2) is 6.00. The summed E-state index contributed by atoms with van der Waals surface area (Å²) in [6.07, 6.45) is 1.16. The van der Waals surface area contributed by atoms with E-state index in [1.165, 1.54) is 12.1 Å². The third-order valence-corrected chi connectivity index (χ3v) is 2.79. The second-order valence-corrected chi connectivity index (χ2v) is 4.03. The highest BCUT2D eigenvalue weighted by molar-refractivity contribution is 5.84. The average Bonchev–Trinajstić information content (AvgIpc) is 2.29. The second-order valence-electron chi connectivity index (χ2n) is 4.03. The molecule has 0 atom stereocenters. The Morgan fingerprint density at radius 3 is 2.67 bits per heavy atom. The molecule has 0 aliphatic rings. The number of unbranched alkanes of at least 4 members (excludes halogenated alkanes) is 1. The van der Waals surface area contributed by atoms with Gasteiger partial charge in [0.05, 0.1) is 4.92 Å². The van der Waals surface area contributed by atoms with Crippen molar-refractivity contribution >= 4 is 17.5 Å². The number of nitrogens with one attached hydrogen (secondary N) is 1. The summed E-state index contributed by atoms with van der Waals surface area (Å²) in [5.41, 5.74) is 1.68. The summed E-state index contributed by atoms with van der Waals surface area (Å²) >= 11 is 0. The summed E-state index contributed by atoms with van der Waals surface area (Å²) in [4.78, 5) is 21.1. The standard InChI is InChI=1S/C12H16N2O4/c1-3-4-5-9-8(2)10(13-12(15)16)6-7-11(9)14(17)18/h6-7,13H,3-5H2,1-2H3,(H,15,16). The van der Waals surface area contributed by atoms with Crippen LogP contribution < -0.4 is 5.32 Å². The Morgan fingerprint density at radius 2 is 2.17 bits per heavy atom. The van der Waals surface area contributed by atoms with Crippen LogP contribution in [0.15, 0.2) is 12.1 Å². The van der Waals surface area contributed by atoms with E-state index >= 15 is 0 Å². The number of nitrogens with zero attached hydrogens (tertiary/aromatic N) is 1. The van der Waals surface area contributed by atoms with Gasteiger partial charge < -0.3 is 5.11 Å². The zero-order valence-electron chi connectivity index (χ0n) is 10.4. The average molecular weight is 252 g/mol. The SMILES string of the molecule is CCCCc1c([N+](=O)[O-])ccc(NC(=O)O)c1C. The lowest BCUT2D eigenvalue weighted by Crippen LogP contribution is -2.10. The van der Waals surface area contributed by atoms with E-state index in [1.807, 2.05) is 6.92 Å². The van der Waals surface area contributed by atoms with Gasteiger partial charge in [-0.3, -0.25) is 15.4 Å². The maximum atomic E-state index is 10.9. The summed E-state index contributed by atoms with van der Waals surface area (Å²) in [5.74, 6) is 0. The van der Waals surface area contributed by atoms with Crippen molar-refractivity contribution in [1.82, 2.24) is 0 Å². The van der Waals surface area contributed by atoms with Gasteiger partial charge in [-0.25, -0.2) is 4.79 Å². The van der Waals surface area contributed by atoms with Crippen molar-refractivity contribution in [3.8, 4) is 0 Å². The van der Waals surface area contributed by atoms with Gasteiger partial charge in [-0.2, -0.15) is 0 Å². The van der Waals surface area contributed by atoms with Crippen LogP contribution in [0.25, 0.3) is 0 Å². The van der Waals surface area contributed by atoms with E-state index in [0.717, 1.165) is 12.8 Å². The van der Waals surface area contributed by atoms with Crippen LogP contribution in [0.3, 0.4) is 0 Å². The number of carboxylic acid groups (broad SMARTS) is 1. The van der Waals surface area contributed by atoms with Gasteiger partial charge in [-0.1, -0.05) is 13.3 Å². The highest BCUT2D eigenvalue weighted by Crippen LogP contribution is 2.29. The first-order chi connectivity index (χ1) is 8.47. The Morgan fingerprint density at radius 1 is 1.50 bits per heavy atom. The molecule has 6 nitrogen and oxygen atoms in total. The van der Waals surface area contributed by atoms with Crippen LogP contribution in [0.4, 0.5) is 16.2 Å². The van der Waals surface area contributed by atoms with Gasteiger partial charge in [-0.15, -0.1) is 0 Å². The molecule has 0 saturated carbocycles. The highest BCUT2D eigenvalue weighted by atomic mass is 16.6. The molecule has 0 bridgehead atoms. The van der Waals surface area contributed by atoms with E-state index in [9.17, 15) is 14.9 Å². The number of hydrogen-bond acceptors (Lipinski definition) is 3. The van der Waals surface area contributed by atoms with Crippen molar-refractivity contribution < 1.29 is 14.8 Å². The molecule has 0 saturated heterocycles. The molecule has 18 heavy (non-hydrogen) atoms. The first kappa shape index (κ1) is 14.0. The minimum Gasteiger partial charge on any atom is -0.465 e. The van der Waals surface area contributed by atoms with E-state index in [-0.39, 0.29) is 5.69 Å². The first-order valence-electron chi connectivity index (χ1n) is 5.74. The van der Waals surface area contributed by atoms with Crippen molar-refractivity contribution in [3.05, 3.63) is 33.4 Å². The molecule has 0 heterocycles. The molecular formula is C12H16N2O4. The van der Waals surface area contributed by atoms with Crippen LogP contribution in [0, 0.1) is 17.0 Å². The molecule has 0 aromatic heterocycles. The fourth-order valence-electron chi connectivity index (χ4n) is 1.83. The lowest BCUT2D eigenvalue weighted by Gasteiger charge is -2.11. The molecule has 0 aliphatic carbocycles. The van der Waals surface area contributed by atoms with Gasteiger partial charge in [0.2, 0.25) is 0 Å². The normalized spacial score (nSPS) is 10.1. The summed E-state index contributed by atoms with van der Waals surface area (Å²) < 4.78 is 0. The quantitative estimate of drug-likeness (QED) is 0.620. The predicted octanol–water partition coefficient (Wildman–Crippen LogP) is 3.34. The Kier molecular flexibility index (Phi) is 4.65. The number of hydrogen-bond donors (Lipinski definition) is 2.